The van der Waals surface area contributed by atoms with Crippen LogP contribution >= 0.6 is 28.6 Å². The molecule has 7 heavy (non-hydrogen) atoms. The molecule has 0 aliphatic heterocycles. The lowest BCUT2D eigenvalue weighted by molar-refractivity contribution is 0.498. The standard InChI is InChI=1S/C5H11BrS/c1-5(2,3-6)4-7/h7H,3-4H2,1-2H3. The predicted molar refractivity (Wildman–Crippen MR) is 41.4 cm³/mol. The van der Waals surface area contributed by atoms with Gasteiger partial charge in [0, 0.05) is 5.33 Å². The van der Waals surface area contributed by atoms with Crippen molar-refractivity contribution in [1.82, 2.24) is 0 Å². The maximum absolute atomic E-state index is 4.15. The van der Waals surface area contributed by atoms with Crippen molar-refractivity contribution in [2.75, 3.05) is 11.1 Å². The van der Waals surface area contributed by atoms with Crippen LogP contribution in [0.5, 0.6) is 0 Å². The van der Waals surface area contributed by atoms with E-state index < -0.39 is 0 Å². The van der Waals surface area contributed by atoms with Crippen LogP contribution in [0.1, 0.15) is 13.8 Å². The highest BCUT2D eigenvalue weighted by molar-refractivity contribution is 9.09. The molecule has 0 spiro atoms. The van der Waals surface area contributed by atoms with E-state index >= 15 is 0 Å². The zero-order valence-corrected chi connectivity index (χ0v) is 7.22. The van der Waals surface area contributed by atoms with Gasteiger partial charge in [-0.3, -0.25) is 0 Å². The Balaban J connectivity index is 3.36. The average molecular weight is 183 g/mol. The molecule has 0 aromatic carbocycles. The van der Waals surface area contributed by atoms with Gasteiger partial charge in [0.2, 0.25) is 0 Å². The first-order valence-corrected chi connectivity index (χ1v) is 4.04. The summed E-state index contributed by atoms with van der Waals surface area (Å²) in [5.41, 5.74) is 0.364. The monoisotopic (exact) mass is 182 g/mol. The molecule has 0 rings (SSSR count). The van der Waals surface area contributed by atoms with Crippen molar-refractivity contribution in [3.05, 3.63) is 0 Å². The van der Waals surface area contributed by atoms with Gasteiger partial charge >= 0.3 is 0 Å². The number of alkyl halides is 1. The van der Waals surface area contributed by atoms with E-state index in [9.17, 15) is 0 Å². The van der Waals surface area contributed by atoms with Crippen LogP contribution in [0.25, 0.3) is 0 Å². The van der Waals surface area contributed by atoms with E-state index in [1.54, 1.807) is 0 Å². The highest BCUT2D eigenvalue weighted by Gasteiger charge is 2.11. The lowest BCUT2D eigenvalue weighted by atomic mass is 10.0. The minimum atomic E-state index is 0.364. The summed E-state index contributed by atoms with van der Waals surface area (Å²) in [4.78, 5) is 0. The molecule has 0 aliphatic rings. The molecule has 0 heterocycles. The Bertz CT molecular complexity index is 46.0. The van der Waals surface area contributed by atoms with E-state index in [1.807, 2.05) is 0 Å². The van der Waals surface area contributed by atoms with Crippen LogP contribution in [-0.4, -0.2) is 11.1 Å². The third kappa shape index (κ3) is 3.42. The van der Waals surface area contributed by atoms with Crippen molar-refractivity contribution in [3.8, 4) is 0 Å². The molecule has 0 nitrogen and oxygen atoms in total. The van der Waals surface area contributed by atoms with Gasteiger partial charge in [-0.05, 0) is 11.2 Å². The van der Waals surface area contributed by atoms with E-state index in [4.69, 9.17) is 0 Å². The summed E-state index contributed by atoms with van der Waals surface area (Å²) >= 11 is 7.53. The third-order valence-corrected chi connectivity index (χ3v) is 3.16. The van der Waals surface area contributed by atoms with Gasteiger partial charge in [0.05, 0.1) is 0 Å². The molecule has 0 saturated carbocycles. The minimum absolute atomic E-state index is 0.364. The molecule has 2 heteroatoms. The van der Waals surface area contributed by atoms with Crippen molar-refractivity contribution >= 4 is 28.6 Å². The lowest BCUT2D eigenvalue weighted by Crippen LogP contribution is -2.14. The van der Waals surface area contributed by atoms with Gasteiger partial charge in [-0.2, -0.15) is 12.6 Å². The smallest absolute Gasteiger partial charge is 0.00904 e. The molecular weight excluding hydrogens is 172 g/mol. The first-order valence-electron chi connectivity index (χ1n) is 2.29. The Morgan fingerprint density at radius 2 is 2.00 bits per heavy atom. The fraction of sp³-hybridized carbons (Fsp3) is 1.00. The number of halogens is 1. The molecule has 0 fully saturated rings. The summed E-state index contributed by atoms with van der Waals surface area (Å²) in [7, 11) is 0. The Kier molecular flexibility index (Phi) is 3.33. The van der Waals surface area contributed by atoms with Gasteiger partial charge in [0.1, 0.15) is 0 Å². The zero-order chi connectivity index (χ0) is 5.91. The number of hydrogen-bond donors (Lipinski definition) is 1. The van der Waals surface area contributed by atoms with Crippen molar-refractivity contribution in [2.24, 2.45) is 5.41 Å². The molecule has 0 aromatic rings. The minimum Gasteiger partial charge on any atom is -0.179 e. The molecule has 0 atom stereocenters. The van der Waals surface area contributed by atoms with E-state index in [0.717, 1.165) is 11.1 Å². The Morgan fingerprint density at radius 1 is 1.57 bits per heavy atom. The molecular formula is C5H11BrS. The first-order chi connectivity index (χ1) is 3.12. The summed E-state index contributed by atoms with van der Waals surface area (Å²) in [5.74, 6) is 0.943. The fourth-order valence-corrected chi connectivity index (χ4v) is 0.659. The molecule has 0 unspecified atom stereocenters. The van der Waals surface area contributed by atoms with Crippen LogP contribution in [0.3, 0.4) is 0 Å². The van der Waals surface area contributed by atoms with Crippen LogP contribution in [0.2, 0.25) is 0 Å². The van der Waals surface area contributed by atoms with Crippen molar-refractivity contribution in [3.63, 3.8) is 0 Å². The second-order valence-electron chi connectivity index (χ2n) is 2.46. The molecule has 0 bridgehead atoms. The van der Waals surface area contributed by atoms with Gasteiger partial charge in [-0.1, -0.05) is 29.8 Å². The highest BCUT2D eigenvalue weighted by atomic mass is 79.9. The predicted octanol–water partition coefficient (Wildman–Crippen LogP) is 2.34. The molecule has 0 N–H and O–H groups in total. The quantitative estimate of drug-likeness (QED) is 0.493. The number of thiol groups is 1. The third-order valence-electron chi connectivity index (χ3n) is 0.790. The summed E-state index contributed by atoms with van der Waals surface area (Å²) < 4.78 is 0. The summed E-state index contributed by atoms with van der Waals surface area (Å²) in [6, 6.07) is 0. The van der Waals surface area contributed by atoms with Crippen LogP contribution in [0.4, 0.5) is 0 Å². The van der Waals surface area contributed by atoms with Crippen LogP contribution in [0, 0.1) is 5.41 Å². The van der Waals surface area contributed by atoms with Crippen LogP contribution < -0.4 is 0 Å². The molecule has 0 aliphatic carbocycles. The number of rotatable bonds is 2. The summed E-state index contributed by atoms with van der Waals surface area (Å²) in [5, 5.41) is 1.03. The van der Waals surface area contributed by atoms with Gasteiger partial charge in [0.25, 0.3) is 0 Å². The normalized spacial score (nSPS) is 12.0. The molecule has 0 saturated heterocycles. The van der Waals surface area contributed by atoms with Gasteiger partial charge in [-0.15, -0.1) is 0 Å². The molecule has 44 valence electrons. The fourth-order valence-electron chi connectivity index (χ4n) is 0.0423. The van der Waals surface area contributed by atoms with E-state index in [0.29, 0.717) is 5.41 Å². The van der Waals surface area contributed by atoms with Crippen LogP contribution in [-0.2, 0) is 0 Å². The molecule has 0 aromatic heterocycles. The van der Waals surface area contributed by atoms with Crippen molar-refractivity contribution in [2.45, 2.75) is 13.8 Å². The first kappa shape index (κ1) is 7.83. The Labute approximate surface area is 59.2 Å². The second kappa shape index (κ2) is 2.98. The largest absolute Gasteiger partial charge is 0.179 e. The van der Waals surface area contributed by atoms with E-state index in [2.05, 4.69) is 42.4 Å². The number of hydrogen-bond acceptors (Lipinski definition) is 1. The SMILES string of the molecule is CC(C)(CS)CBr. The molecule has 0 radical (unpaired) electrons. The molecule has 0 amide bonds. The lowest BCUT2D eigenvalue weighted by Gasteiger charge is -2.16. The Hall–Kier alpha value is 0.830. The van der Waals surface area contributed by atoms with Gasteiger partial charge in [0.15, 0.2) is 0 Å². The van der Waals surface area contributed by atoms with Crippen molar-refractivity contribution in [1.29, 1.82) is 0 Å². The van der Waals surface area contributed by atoms with Gasteiger partial charge < -0.3 is 0 Å². The van der Waals surface area contributed by atoms with Gasteiger partial charge in [-0.25, -0.2) is 0 Å². The van der Waals surface area contributed by atoms with Crippen LogP contribution in [0.15, 0.2) is 0 Å². The summed E-state index contributed by atoms with van der Waals surface area (Å²) in [6.07, 6.45) is 0. The Morgan fingerprint density at radius 3 is 2.00 bits per heavy atom. The summed E-state index contributed by atoms with van der Waals surface area (Å²) in [6.45, 7) is 4.35. The van der Waals surface area contributed by atoms with E-state index in [-0.39, 0.29) is 0 Å². The zero-order valence-electron chi connectivity index (χ0n) is 4.74. The van der Waals surface area contributed by atoms with Crippen molar-refractivity contribution < 1.29 is 0 Å². The highest BCUT2D eigenvalue weighted by Crippen LogP contribution is 2.18. The topological polar surface area (TPSA) is 0 Å². The van der Waals surface area contributed by atoms with E-state index in [1.165, 1.54) is 0 Å². The second-order valence-corrected chi connectivity index (χ2v) is 3.33. The maximum Gasteiger partial charge on any atom is 0.00904 e. The maximum atomic E-state index is 4.15. The average Bonchev–Trinajstić information content (AvgIpc) is 1.68.